The van der Waals surface area contributed by atoms with Crippen molar-refractivity contribution in [3.8, 4) is 0 Å². The molecule has 5 saturated heterocycles. The predicted molar refractivity (Wildman–Crippen MR) is 188 cm³/mol. The summed E-state index contributed by atoms with van der Waals surface area (Å²) in [5.74, 6) is -1.84. The van der Waals surface area contributed by atoms with Gasteiger partial charge < -0.3 is 34.2 Å². The van der Waals surface area contributed by atoms with Gasteiger partial charge in [0.2, 0.25) is 17.7 Å². The first-order valence-corrected chi connectivity index (χ1v) is 20.0. The number of halogens is 2. The number of ether oxygens (including phenoxy) is 3. The van der Waals surface area contributed by atoms with Crippen LogP contribution in [0, 0.1) is 28.6 Å². The Balaban J connectivity index is 1.21. The molecule has 1 aromatic rings. The molecule has 12 nitrogen and oxygen atoms in total. The van der Waals surface area contributed by atoms with Crippen LogP contribution in [-0.2, 0) is 28.6 Å². The molecule has 6 fully saturated rings. The Morgan fingerprint density at radius 3 is 2.42 bits per heavy atom. The van der Waals surface area contributed by atoms with Gasteiger partial charge in [-0.15, -0.1) is 11.3 Å². The highest BCUT2D eigenvalue weighted by atomic mass is 32.1. The minimum Gasteiger partial charge on any atom is -0.378 e. The minimum atomic E-state index is -2.89. The van der Waals surface area contributed by atoms with Gasteiger partial charge in [-0.3, -0.25) is 24.2 Å². The Hall–Kier alpha value is -2.75. The highest BCUT2D eigenvalue weighted by Crippen LogP contribution is 2.46. The maximum absolute atomic E-state index is 14.5. The normalized spacial score (nSPS) is 28.5. The molecule has 1 saturated carbocycles. The molecule has 290 valence electrons. The van der Waals surface area contributed by atoms with E-state index < -0.39 is 30.1 Å². The molecule has 6 aliphatic rings. The number of alkyl halides is 2. The number of carbonyl (C=O) groups excluding carboxylic acids is 4. The predicted octanol–water partition coefficient (Wildman–Crippen LogP) is 4.20. The van der Waals surface area contributed by atoms with E-state index in [0.717, 1.165) is 44.9 Å². The lowest BCUT2D eigenvalue weighted by atomic mass is 9.70. The topological polar surface area (TPSA) is 131 Å². The summed E-state index contributed by atoms with van der Waals surface area (Å²) in [5, 5.41) is 3.08. The molecule has 0 aromatic carbocycles. The molecule has 1 spiro atoms. The average molecular weight is 752 g/mol. The Kier molecular flexibility index (Phi) is 12.5. The van der Waals surface area contributed by atoms with Crippen molar-refractivity contribution in [3.05, 3.63) is 16.6 Å². The molecule has 1 N–H and O–H groups in total. The Morgan fingerprint density at radius 1 is 1.04 bits per heavy atom. The second kappa shape index (κ2) is 16.7. The van der Waals surface area contributed by atoms with Crippen molar-refractivity contribution in [2.45, 2.75) is 103 Å². The number of amides is 4. The zero-order chi connectivity index (χ0) is 37.0. The number of piperidine rings is 1. The minimum absolute atomic E-state index is 0.0759. The number of hydrogen-bond donors (Lipinski definition) is 1. The van der Waals surface area contributed by atoms with Crippen molar-refractivity contribution >= 4 is 35.0 Å². The van der Waals surface area contributed by atoms with Crippen LogP contribution in [-0.4, -0.2) is 127 Å². The Labute approximate surface area is 309 Å². The highest BCUT2D eigenvalue weighted by Gasteiger charge is 2.59. The highest BCUT2D eigenvalue weighted by molar-refractivity contribution is 7.11. The lowest BCUT2D eigenvalue weighted by molar-refractivity contribution is -0.161. The van der Waals surface area contributed by atoms with Crippen molar-refractivity contribution in [2.75, 3.05) is 59.1 Å². The van der Waals surface area contributed by atoms with Gasteiger partial charge in [0, 0.05) is 61.9 Å². The second-order valence-corrected chi connectivity index (χ2v) is 16.8. The van der Waals surface area contributed by atoms with E-state index in [2.05, 4.69) is 22.0 Å². The summed E-state index contributed by atoms with van der Waals surface area (Å²) in [6.45, 7) is 5.64. The number of hydrogen-bond acceptors (Lipinski definition) is 9. The molecule has 5 aliphatic heterocycles. The van der Waals surface area contributed by atoms with Gasteiger partial charge in [0.05, 0.1) is 49.7 Å². The number of rotatable bonds is 15. The first kappa shape index (κ1) is 39.0. The van der Waals surface area contributed by atoms with Crippen LogP contribution < -0.4 is 5.32 Å². The van der Waals surface area contributed by atoms with Crippen LogP contribution in [0.2, 0.25) is 0 Å². The van der Waals surface area contributed by atoms with E-state index >= 15 is 0 Å². The number of nitrogens with zero attached hydrogens (tertiary/aromatic N) is 4. The van der Waals surface area contributed by atoms with Crippen LogP contribution >= 0.6 is 11.3 Å². The van der Waals surface area contributed by atoms with Crippen molar-refractivity contribution in [3.63, 3.8) is 0 Å². The second-order valence-electron chi connectivity index (χ2n) is 16.0. The third-order valence-corrected chi connectivity index (χ3v) is 13.1. The van der Waals surface area contributed by atoms with Gasteiger partial charge in [-0.05, 0) is 58.3 Å². The fourth-order valence-corrected chi connectivity index (χ4v) is 9.69. The molecule has 2 bridgehead atoms. The zero-order valence-corrected chi connectivity index (χ0v) is 31.6. The fraction of sp³-hybridized carbons (Fsp3) is 0.811. The van der Waals surface area contributed by atoms with E-state index in [-0.39, 0.29) is 60.6 Å². The third kappa shape index (κ3) is 8.47. The molecular formula is C37H55F2N5O7S. The zero-order valence-electron chi connectivity index (χ0n) is 30.7. The largest absolute Gasteiger partial charge is 0.378 e. The summed E-state index contributed by atoms with van der Waals surface area (Å²) in [7, 11) is 0. The standard InChI is InChI=1S/C37H55F2N5O7S/c1-4-7-26(5-2)32(46)44-19-37(20-44)18-43(33(47)29-14-40-23-52-29)16-28(37)31(45)41-30(24(3)50-21-36-11-9-27(10-12-36)51-22-36)34(48)42-13-6-8-25(15-42)17-49-35(38)39/h14,23-28,30,35H,4-13,15-22H2,1-3H3,(H,41,45)/t24-,25+,26-,27?,28+,30+,36?/m1/s1. The maximum atomic E-state index is 14.5. The number of fused-ring (bicyclic) bond motifs is 3. The monoisotopic (exact) mass is 751 g/mol. The smallest absolute Gasteiger partial charge is 0.345 e. The first-order chi connectivity index (χ1) is 25.0. The molecule has 1 aromatic heterocycles. The molecule has 7 rings (SSSR count). The van der Waals surface area contributed by atoms with Gasteiger partial charge in [0.15, 0.2) is 0 Å². The Bertz CT molecular complexity index is 1390. The van der Waals surface area contributed by atoms with E-state index in [0.29, 0.717) is 63.2 Å². The van der Waals surface area contributed by atoms with E-state index in [4.69, 9.17) is 9.47 Å². The van der Waals surface area contributed by atoms with Crippen molar-refractivity contribution < 1.29 is 42.2 Å². The SMILES string of the molecule is CCC[C@@H](CC)C(=O)N1CC2(CN(C(=O)c3cncs3)C[C@H]2C(=O)N[C@H](C(=O)N2CCC[C@H](COC(F)F)C2)[C@@H](C)OCC23CCC(CC2)OC3)C1. The molecule has 1 aliphatic carbocycles. The molecule has 6 heterocycles. The maximum Gasteiger partial charge on any atom is 0.345 e. The number of carbonyl (C=O) groups is 4. The van der Waals surface area contributed by atoms with Crippen LogP contribution in [0.15, 0.2) is 11.7 Å². The van der Waals surface area contributed by atoms with Crippen molar-refractivity contribution in [1.82, 2.24) is 25.0 Å². The van der Waals surface area contributed by atoms with Gasteiger partial charge in [0.25, 0.3) is 5.91 Å². The summed E-state index contributed by atoms with van der Waals surface area (Å²) in [6.07, 6.45) is 8.74. The summed E-state index contributed by atoms with van der Waals surface area (Å²) < 4.78 is 42.8. The summed E-state index contributed by atoms with van der Waals surface area (Å²) in [6, 6.07) is -1.05. The number of thiazole rings is 1. The van der Waals surface area contributed by atoms with Gasteiger partial charge in [-0.25, -0.2) is 0 Å². The lowest BCUT2D eigenvalue weighted by Gasteiger charge is -2.51. The molecule has 4 amide bonds. The number of aromatic nitrogens is 1. The average Bonchev–Trinajstić information content (AvgIpc) is 3.83. The van der Waals surface area contributed by atoms with Crippen molar-refractivity contribution in [1.29, 1.82) is 0 Å². The Morgan fingerprint density at radius 2 is 1.79 bits per heavy atom. The van der Waals surface area contributed by atoms with Crippen LogP contribution in [0.3, 0.4) is 0 Å². The summed E-state index contributed by atoms with van der Waals surface area (Å²) in [5.41, 5.74) is 0.799. The molecule has 0 radical (unpaired) electrons. The van der Waals surface area contributed by atoms with Crippen LogP contribution in [0.25, 0.3) is 0 Å². The number of likely N-dealkylation sites (tertiary alicyclic amines) is 3. The molecule has 5 atom stereocenters. The first-order valence-electron chi connectivity index (χ1n) is 19.1. The van der Waals surface area contributed by atoms with Gasteiger partial charge in [0.1, 0.15) is 10.9 Å². The molecular weight excluding hydrogens is 696 g/mol. The van der Waals surface area contributed by atoms with E-state index in [1.165, 1.54) is 17.5 Å². The lowest BCUT2D eigenvalue weighted by Crippen LogP contribution is -2.66. The van der Waals surface area contributed by atoms with Gasteiger partial charge >= 0.3 is 6.61 Å². The van der Waals surface area contributed by atoms with E-state index in [1.807, 2.05) is 11.8 Å². The van der Waals surface area contributed by atoms with Crippen LogP contribution in [0.4, 0.5) is 8.78 Å². The van der Waals surface area contributed by atoms with Crippen molar-refractivity contribution in [2.24, 2.45) is 28.6 Å². The molecule has 0 unspecified atom stereocenters. The van der Waals surface area contributed by atoms with Crippen LogP contribution in [0.1, 0.15) is 88.2 Å². The van der Waals surface area contributed by atoms with Crippen LogP contribution in [0.5, 0.6) is 0 Å². The van der Waals surface area contributed by atoms with E-state index in [1.54, 1.807) is 22.2 Å². The van der Waals surface area contributed by atoms with Gasteiger partial charge in [-0.1, -0.05) is 20.3 Å². The molecule has 15 heteroatoms. The van der Waals surface area contributed by atoms with Gasteiger partial charge in [-0.2, -0.15) is 8.78 Å². The fourth-order valence-electron chi connectivity index (χ4n) is 9.10. The summed E-state index contributed by atoms with van der Waals surface area (Å²) in [4.78, 5) is 65.6. The quantitative estimate of drug-likeness (QED) is 0.283. The summed E-state index contributed by atoms with van der Waals surface area (Å²) >= 11 is 1.24. The van der Waals surface area contributed by atoms with E-state index in [9.17, 15) is 28.0 Å². The molecule has 52 heavy (non-hydrogen) atoms. The number of nitrogens with one attached hydrogen (secondary N) is 1. The third-order valence-electron chi connectivity index (χ3n) is 12.3.